The lowest BCUT2D eigenvalue weighted by atomic mass is 10.1. The van der Waals surface area contributed by atoms with Crippen LogP contribution >= 0.6 is 15.9 Å². The molecule has 2 rings (SSSR count). The first-order valence-electron chi connectivity index (χ1n) is 7.78. The molecule has 1 saturated carbocycles. The van der Waals surface area contributed by atoms with E-state index in [2.05, 4.69) is 27.8 Å². The highest BCUT2D eigenvalue weighted by Gasteiger charge is 2.31. The van der Waals surface area contributed by atoms with Crippen molar-refractivity contribution in [3.63, 3.8) is 0 Å². The zero-order valence-corrected chi connectivity index (χ0v) is 14.6. The normalized spacial score (nSPS) is 18.0. The quantitative estimate of drug-likeness (QED) is 0.734. The summed E-state index contributed by atoms with van der Waals surface area (Å²) in [4.78, 5) is 2.46. The third kappa shape index (κ3) is 5.37. The molecule has 1 fully saturated rings. The molecule has 1 aromatic carbocycles. The molecular formula is C17H26BrNO2. The van der Waals surface area contributed by atoms with Crippen LogP contribution in [0.5, 0.6) is 0 Å². The molecule has 0 aliphatic heterocycles. The van der Waals surface area contributed by atoms with Gasteiger partial charge in [-0.1, -0.05) is 28.1 Å². The van der Waals surface area contributed by atoms with Gasteiger partial charge in [0.15, 0.2) is 0 Å². The van der Waals surface area contributed by atoms with Crippen LogP contribution in [-0.2, 0) is 4.74 Å². The Bertz CT molecular complexity index is 419. The Morgan fingerprint density at radius 2 is 1.95 bits per heavy atom. The van der Waals surface area contributed by atoms with Gasteiger partial charge in [-0.15, -0.1) is 0 Å². The van der Waals surface area contributed by atoms with Crippen molar-refractivity contribution in [1.29, 1.82) is 0 Å². The maximum absolute atomic E-state index is 10.3. The van der Waals surface area contributed by atoms with Gasteiger partial charge in [0.05, 0.1) is 12.7 Å². The number of hydrogen-bond donors (Lipinski definition) is 1. The molecule has 0 aromatic heterocycles. The van der Waals surface area contributed by atoms with Gasteiger partial charge >= 0.3 is 0 Å². The number of halogens is 1. The average Bonchev–Trinajstić information content (AvgIpc) is 3.32. The molecule has 0 spiro atoms. The van der Waals surface area contributed by atoms with Crippen LogP contribution in [0.2, 0.25) is 0 Å². The molecule has 1 aromatic rings. The Morgan fingerprint density at radius 3 is 2.52 bits per heavy atom. The van der Waals surface area contributed by atoms with E-state index in [1.54, 1.807) is 7.11 Å². The summed E-state index contributed by atoms with van der Waals surface area (Å²) in [6.45, 7) is 4.92. The van der Waals surface area contributed by atoms with E-state index in [9.17, 15) is 5.11 Å². The second-order valence-corrected chi connectivity index (χ2v) is 6.88. The van der Waals surface area contributed by atoms with Crippen LogP contribution in [-0.4, -0.2) is 42.9 Å². The number of aliphatic hydroxyl groups excluding tert-OH is 1. The van der Waals surface area contributed by atoms with Crippen LogP contribution in [0.1, 0.15) is 37.9 Å². The average molecular weight is 356 g/mol. The molecule has 0 heterocycles. The number of methoxy groups -OCH3 is 1. The van der Waals surface area contributed by atoms with Crippen molar-refractivity contribution in [2.75, 3.05) is 26.8 Å². The molecule has 2 atom stereocenters. The van der Waals surface area contributed by atoms with Crippen molar-refractivity contribution < 1.29 is 9.84 Å². The van der Waals surface area contributed by atoms with Crippen molar-refractivity contribution in [3.05, 3.63) is 34.3 Å². The Balaban J connectivity index is 1.85. The van der Waals surface area contributed by atoms with Crippen LogP contribution in [0.25, 0.3) is 0 Å². The number of hydrogen-bond acceptors (Lipinski definition) is 3. The summed E-state index contributed by atoms with van der Waals surface area (Å²) in [7, 11) is 1.75. The van der Waals surface area contributed by atoms with Crippen LogP contribution in [0.4, 0.5) is 0 Å². The van der Waals surface area contributed by atoms with Crippen molar-refractivity contribution in [3.8, 4) is 0 Å². The fourth-order valence-corrected chi connectivity index (χ4v) is 3.01. The highest BCUT2D eigenvalue weighted by atomic mass is 79.9. The molecule has 1 N–H and O–H groups in total. The highest BCUT2D eigenvalue weighted by Crippen LogP contribution is 2.35. The van der Waals surface area contributed by atoms with E-state index in [0.29, 0.717) is 6.04 Å². The molecule has 0 radical (unpaired) electrons. The minimum absolute atomic E-state index is 0.394. The lowest BCUT2D eigenvalue weighted by Crippen LogP contribution is -2.38. The van der Waals surface area contributed by atoms with Crippen molar-refractivity contribution in [1.82, 2.24) is 4.90 Å². The van der Waals surface area contributed by atoms with E-state index in [4.69, 9.17) is 4.74 Å². The molecule has 21 heavy (non-hydrogen) atoms. The summed E-state index contributed by atoms with van der Waals surface area (Å²) in [5.74, 6) is 0.840. The van der Waals surface area contributed by atoms with E-state index in [-0.39, 0.29) is 0 Å². The Kier molecular flexibility index (Phi) is 6.68. The number of rotatable bonds is 9. The van der Waals surface area contributed by atoms with Crippen molar-refractivity contribution in [2.24, 2.45) is 5.92 Å². The van der Waals surface area contributed by atoms with Crippen LogP contribution in [0.3, 0.4) is 0 Å². The number of benzene rings is 1. The molecule has 3 nitrogen and oxygen atoms in total. The largest absolute Gasteiger partial charge is 0.388 e. The van der Waals surface area contributed by atoms with E-state index in [0.717, 1.165) is 42.1 Å². The number of ether oxygens (including phenoxy) is 1. The predicted molar refractivity (Wildman–Crippen MR) is 89.4 cm³/mol. The molecule has 0 saturated heterocycles. The maximum atomic E-state index is 10.3. The van der Waals surface area contributed by atoms with E-state index in [1.807, 2.05) is 24.3 Å². The molecule has 4 heteroatoms. The first-order valence-corrected chi connectivity index (χ1v) is 8.57. The Labute approximate surface area is 136 Å². The lowest BCUT2D eigenvalue weighted by Gasteiger charge is -2.29. The molecule has 118 valence electrons. The zero-order valence-electron chi connectivity index (χ0n) is 13.0. The smallest absolute Gasteiger partial charge is 0.0802 e. The van der Waals surface area contributed by atoms with Gasteiger partial charge in [-0.3, -0.25) is 4.90 Å². The van der Waals surface area contributed by atoms with E-state index < -0.39 is 6.10 Å². The minimum Gasteiger partial charge on any atom is -0.388 e. The monoisotopic (exact) mass is 355 g/mol. The van der Waals surface area contributed by atoms with E-state index >= 15 is 0 Å². The van der Waals surface area contributed by atoms with Gasteiger partial charge in [-0.25, -0.2) is 0 Å². The van der Waals surface area contributed by atoms with E-state index in [1.165, 1.54) is 12.8 Å². The van der Waals surface area contributed by atoms with Crippen LogP contribution in [0, 0.1) is 5.92 Å². The summed E-state index contributed by atoms with van der Waals surface area (Å²) in [6, 6.07) is 8.52. The summed E-state index contributed by atoms with van der Waals surface area (Å²) in [5.41, 5.74) is 0.990. The number of nitrogens with zero attached hydrogens (tertiary/aromatic N) is 1. The third-order valence-corrected chi connectivity index (χ3v) is 4.94. The number of aliphatic hydroxyl groups is 1. The molecule has 1 aliphatic rings. The molecular weight excluding hydrogens is 330 g/mol. The molecule has 0 amide bonds. The van der Waals surface area contributed by atoms with Crippen molar-refractivity contribution in [2.45, 2.75) is 38.3 Å². The maximum Gasteiger partial charge on any atom is 0.0802 e. The standard InChI is InChI=1S/C17H26BrNO2/c1-13(14-3-4-14)19(11-12-21-2)10-9-17(20)15-5-7-16(18)8-6-15/h5-8,13-14,17,20H,3-4,9-12H2,1-2H3. The van der Waals surface area contributed by atoms with Gasteiger partial charge in [0.2, 0.25) is 0 Å². The third-order valence-electron chi connectivity index (χ3n) is 4.41. The SMILES string of the molecule is COCCN(CCC(O)c1ccc(Br)cc1)C(C)C1CC1. The minimum atomic E-state index is -0.394. The van der Waals surface area contributed by atoms with Gasteiger partial charge < -0.3 is 9.84 Å². The fourth-order valence-electron chi connectivity index (χ4n) is 2.74. The second-order valence-electron chi connectivity index (χ2n) is 5.96. The van der Waals surface area contributed by atoms with Crippen LogP contribution < -0.4 is 0 Å². The second kappa shape index (κ2) is 8.28. The highest BCUT2D eigenvalue weighted by molar-refractivity contribution is 9.10. The molecule has 0 bridgehead atoms. The van der Waals surface area contributed by atoms with Gasteiger partial charge in [-0.2, -0.15) is 0 Å². The lowest BCUT2D eigenvalue weighted by molar-refractivity contribution is 0.0917. The topological polar surface area (TPSA) is 32.7 Å². The zero-order chi connectivity index (χ0) is 15.2. The summed E-state index contributed by atoms with van der Waals surface area (Å²) in [6.07, 6.45) is 3.07. The van der Waals surface area contributed by atoms with Crippen LogP contribution in [0.15, 0.2) is 28.7 Å². The summed E-state index contributed by atoms with van der Waals surface area (Å²) >= 11 is 3.42. The van der Waals surface area contributed by atoms with Gasteiger partial charge in [-0.05, 0) is 49.8 Å². The first kappa shape index (κ1) is 16.9. The molecule has 1 aliphatic carbocycles. The fraction of sp³-hybridized carbons (Fsp3) is 0.647. The Morgan fingerprint density at radius 1 is 1.29 bits per heavy atom. The van der Waals surface area contributed by atoms with Crippen molar-refractivity contribution >= 4 is 15.9 Å². The van der Waals surface area contributed by atoms with Gasteiger partial charge in [0, 0.05) is 30.7 Å². The Hall–Kier alpha value is -0.420. The molecule has 2 unspecified atom stereocenters. The van der Waals surface area contributed by atoms with Gasteiger partial charge in [0.1, 0.15) is 0 Å². The predicted octanol–water partition coefficient (Wildman–Crippen LogP) is 3.62. The summed E-state index contributed by atoms with van der Waals surface area (Å²) < 4.78 is 6.26. The summed E-state index contributed by atoms with van der Waals surface area (Å²) in [5, 5.41) is 10.3. The first-order chi connectivity index (χ1) is 10.1. The van der Waals surface area contributed by atoms with Gasteiger partial charge in [0.25, 0.3) is 0 Å².